The number of hydrogen-bond donors (Lipinski definition) is 0. The van der Waals surface area contributed by atoms with Crippen LogP contribution in [0.4, 0.5) is 0 Å². The first-order valence-corrected chi connectivity index (χ1v) is 9.20. The molecule has 126 valence electrons. The predicted molar refractivity (Wildman–Crippen MR) is 92.5 cm³/mol. The molecule has 0 unspecified atom stereocenters. The van der Waals surface area contributed by atoms with Crippen LogP contribution in [0.25, 0.3) is 0 Å². The molecule has 1 aliphatic rings. The second-order valence-electron chi connectivity index (χ2n) is 6.50. The first-order chi connectivity index (χ1) is 10.8. The summed E-state index contributed by atoms with van der Waals surface area (Å²) in [6.45, 7) is 2.42. The van der Waals surface area contributed by atoms with Gasteiger partial charge < -0.3 is 4.79 Å². The van der Waals surface area contributed by atoms with Crippen molar-refractivity contribution < 1.29 is 4.79 Å². The lowest BCUT2D eigenvalue weighted by atomic mass is 10.0. The maximum absolute atomic E-state index is 10.8. The van der Waals surface area contributed by atoms with Crippen molar-refractivity contribution in [2.24, 2.45) is 15.4 Å². The lowest BCUT2D eigenvalue weighted by molar-refractivity contribution is -0.117. The Morgan fingerprint density at radius 1 is 0.818 bits per heavy atom. The number of rotatable bonds is 15. The molecule has 1 heterocycles. The van der Waals surface area contributed by atoms with Crippen LogP contribution in [0.2, 0.25) is 0 Å². The minimum absolute atomic E-state index is 0.334. The van der Waals surface area contributed by atoms with Gasteiger partial charge in [-0.1, -0.05) is 64.2 Å². The summed E-state index contributed by atoms with van der Waals surface area (Å²) in [7, 11) is 0. The monoisotopic (exact) mass is 307 g/mol. The van der Waals surface area contributed by atoms with Crippen LogP contribution in [0.15, 0.2) is 15.4 Å². The van der Waals surface area contributed by atoms with Crippen LogP contribution in [0.5, 0.6) is 0 Å². The summed E-state index contributed by atoms with van der Waals surface area (Å²) in [5.41, 5.74) is 1.16. The van der Waals surface area contributed by atoms with E-state index in [1.165, 1.54) is 70.6 Å². The van der Waals surface area contributed by atoms with E-state index in [4.69, 9.17) is 0 Å². The maximum Gasteiger partial charge on any atom is 0.129 e. The molecule has 0 radical (unpaired) electrons. The molecule has 0 fully saturated rings. The molecule has 0 spiro atoms. The molecule has 0 aliphatic carbocycles. The Labute approximate surface area is 135 Å². The summed E-state index contributed by atoms with van der Waals surface area (Å²) >= 11 is 0. The van der Waals surface area contributed by atoms with Crippen molar-refractivity contribution in [1.82, 2.24) is 0 Å². The molecular formula is C18H33N3O. The fraction of sp³-hybridized carbons (Fsp3) is 0.889. The Balaban J connectivity index is 1.68. The molecule has 0 amide bonds. The Morgan fingerprint density at radius 2 is 1.32 bits per heavy atom. The van der Waals surface area contributed by atoms with Gasteiger partial charge in [-0.15, -0.1) is 5.10 Å². The van der Waals surface area contributed by atoms with Crippen LogP contribution >= 0.6 is 0 Å². The fourth-order valence-corrected chi connectivity index (χ4v) is 2.84. The van der Waals surface area contributed by atoms with E-state index < -0.39 is 0 Å². The summed E-state index contributed by atoms with van der Waals surface area (Å²) in [4.78, 5) is 10.8. The third-order valence-electron chi connectivity index (χ3n) is 4.25. The average molecular weight is 307 g/mol. The highest BCUT2D eigenvalue weighted by Crippen LogP contribution is 2.13. The summed E-state index contributed by atoms with van der Waals surface area (Å²) in [6, 6.07) is 0. The van der Waals surface area contributed by atoms with E-state index >= 15 is 0 Å². The highest BCUT2D eigenvalue weighted by atomic mass is 16.1. The van der Waals surface area contributed by atoms with Crippen molar-refractivity contribution in [2.45, 2.75) is 96.8 Å². The van der Waals surface area contributed by atoms with Crippen molar-refractivity contribution in [1.29, 1.82) is 0 Å². The minimum atomic E-state index is 0.334. The van der Waals surface area contributed by atoms with E-state index in [0.717, 1.165) is 31.5 Å². The summed E-state index contributed by atoms with van der Waals surface area (Å²) in [6.07, 6.45) is 17.6. The number of nitrogens with zero attached hydrogens (tertiary/aromatic N) is 3. The molecule has 0 bridgehead atoms. The van der Waals surface area contributed by atoms with Gasteiger partial charge in [0.05, 0.1) is 5.71 Å². The molecule has 22 heavy (non-hydrogen) atoms. The van der Waals surface area contributed by atoms with E-state index in [1.54, 1.807) is 6.92 Å². The number of carbonyl (C=O) groups excluding carboxylic acids is 1. The smallest absolute Gasteiger partial charge is 0.129 e. The minimum Gasteiger partial charge on any atom is -0.300 e. The van der Waals surface area contributed by atoms with Gasteiger partial charge in [0.2, 0.25) is 0 Å². The van der Waals surface area contributed by atoms with Crippen LogP contribution in [0.1, 0.15) is 96.8 Å². The Bertz CT molecular complexity index is 350. The average Bonchev–Trinajstić information content (AvgIpc) is 3.00. The summed E-state index contributed by atoms with van der Waals surface area (Å²) in [5, 5.41) is 11.5. The van der Waals surface area contributed by atoms with Crippen molar-refractivity contribution in [3.63, 3.8) is 0 Å². The summed E-state index contributed by atoms with van der Waals surface area (Å²) in [5.74, 6) is 0.334. The molecule has 0 aromatic heterocycles. The zero-order valence-corrected chi connectivity index (χ0v) is 14.4. The topological polar surface area (TPSA) is 54.1 Å². The maximum atomic E-state index is 10.8. The van der Waals surface area contributed by atoms with Crippen molar-refractivity contribution >= 4 is 11.5 Å². The van der Waals surface area contributed by atoms with Gasteiger partial charge in [0, 0.05) is 6.42 Å². The molecule has 0 saturated heterocycles. The second-order valence-corrected chi connectivity index (χ2v) is 6.50. The van der Waals surface area contributed by atoms with E-state index in [1.807, 2.05) is 0 Å². The zero-order valence-electron chi connectivity index (χ0n) is 14.4. The lowest BCUT2D eigenvalue weighted by Gasteiger charge is -2.03. The number of hydrogen-bond acceptors (Lipinski definition) is 4. The fourth-order valence-electron chi connectivity index (χ4n) is 2.84. The molecule has 0 saturated carbocycles. The normalized spacial score (nSPS) is 13.6. The SMILES string of the molecule is CC(=O)CCCCCCCCCCCCCCC1=NN=NC1. The van der Waals surface area contributed by atoms with Gasteiger partial charge in [0.1, 0.15) is 12.3 Å². The van der Waals surface area contributed by atoms with E-state index in [0.29, 0.717) is 5.78 Å². The first-order valence-electron chi connectivity index (χ1n) is 9.20. The molecule has 0 N–H and O–H groups in total. The van der Waals surface area contributed by atoms with Gasteiger partial charge in [-0.25, -0.2) is 0 Å². The molecule has 0 atom stereocenters. The van der Waals surface area contributed by atoms with Crippen molar-refractivity contribution in [3.05, 3.63) is 0 Å². The van der Waals surface area contributed by atoms with E-state index in [2.05, 4.69) is 15.4 Å². The van der Waals surface area contributed by atoms with Gasteiger partial charge >= 0.3 is 0 Å². The first kappa shape index (κ1) is 19.0. The number of ketones is 1. The highest BCUT2D eigenvalue weighted by Gasteiger charge is 2.03. The van der Waals surface area contributed by atoms with Crippen LogP contribution in [-0.2, 0) is 4.79 Å². The van der Waals surface area contributed by atoms with Gasteiger partial charge in [0.15, 0.2) is 0 Å². The molecule has 0 aromatic carbocycles. The Morgan fingerprint density at radius 3 is 1.77 bits per heavy atom. The highest BCUT2D eigenvalue weighted by molar-refractivity contribution is 5.86. The van der Waals surface area contributed by atoms with Crippen LogP contribution in [0, 0.1) is 0 Å². The second kappa shape index (κ2) is 13.6. The molecule has 1 aliphatic heterocycles. The van der Waals surface area contributed by atoms with Crippen molar-refractivity contribution in [2.75, 3.05) is 6.54 Å². The molecule has 1 rings (SSSR count). The number of carbonyl (C=O) groups is 1. The standard InChI is InChI=1S/C18H33N3O/c1-17(22)14-12-10-8-6-4-2-3-5-7-9-11-13-15-18-16-19-21-20-18/h2-16H2,1H3. The van der Waals surface area contributed by atoms with Gasteiger partial charge in [-0.05, 0) is 31.4 Å². The molecule has 4 heteroatoms. The third-order valence-corrected chi connectivity index (χ3v) is 4.25. The molecular weight excluding hydrogens is 274 g/mol. The van der Waals surface area contributed by atoms with E-state index in [9.17, 15) is 4.79 Å². The predicted octanol–water partition coefficient (Wildman–Crippen LogP) is 5.86. The Kier molecular flexibility index (Phi) is 11.7. The zero-order chi connectivity index (χ0) is 15.9. The Hall–Kier alpha value is -1.06. The van der Waals surface area contributed by atoms with Gasteiger partial charge in [-0.2, -0.15) is 5.11 Å². The van der Waals surface area contributed by atoms with Crippen LogP contribution in [-0.4, -0.2) is 18.0 Å². The third kappa shape index (κ3) is 11.6. The summed E-state index contributed by atoms with van der Waals surface area (Å²) < 4.78 is 0. The van der Waals surface area contributed by atoms with Crippen LogP contribution in [0.3, 0.4) is 0 Å². The lowest BCUT2D eigenvalue weighted by Crippen LogP contribution is -1.98. The quantitative estimate of drug-likeness (QED) is 0.350. The van der Waals surface area contributed by atoms with Crippen molar-refractivity contribution in [3.8, 4) is 0 Å². The number of Topliss-reactive ketones (excluding diaryl/α,β-unsaturated/α-hetero) is 1. The van der Waals surface area contributed by atoms with Gasteiger partial charge in [-0.3, -0.25) is 0 Å². The van der Waals surface area contributed by atoms with E-state index in [-0.39, 0.29) is 0 Å². The van der Waals surface area contributed by atoms with Gasteiger partial charge in [0.25, 0.3) is 0 Å². The largest absolute Gasteiger partial charge is 0.300 e. The molecule has 4 nitrogen and oxygen atoms in total. The van der Waals surface area contributed by atoms with Crippen LogP contribution < -0.4 is 0 Å². The molecule has 0 aromatic rings. The number of unbranched alkanes of at least 4 members (excludes halogenated alkanes) is 11.